The highest BCUT2D eigenvalue weighted by Crippen LogP contribution is 2.14. The average molecular weight is 324 g/mol. The van der Waals surface area contributed by atoms with E-state index in [-0.39, 0.29) is 11.6 Å². The summed E-state index contributed by atoms with van der Waals surface area (Å²) in [5.41, 5.74) is 2.38. The molecule has 0 saturated carbocycles. The molecule has 0 fully saturated rings. The van der Waals surface area contributed by atoms with Gasteiger partial charge in [0.2, 0.25) is 0 Å². The van der Waals surface area contributed by atoms with Crippen LogP contribution >= 0.6 is 0 Å². The van der Waals surface area contributed by atoms with Crippen LogP contribution < -0.4 is 10.2 Å². The first-order valence-electron chi connectivity index (χ1n) is 7.45. The number of hydrogen-bond donors (Lipinski definition) is 1. The lowest BCUT2D eigenvalue weighted by Crippen LogP contribution is -2.28. The standard InChI is InChI=1S/C19H20N2O3/c1-21(2)16-11-9-14(10-12-16)13-17(19(23)24-3)20-18(22)15-7-5-4-6-8-15/h4-13H,1-3H3,(H,20,22)/b17-13+. The van der Waals surface area contributed by atoms with Gasteiger partial charge in [-0.2, -0.15) is 0 Å². The zero-order valence-electron chi connectivity index (χ0n) is 13.9. The number of nitrogens with zero attached hydrogens (tertiary/aromatic N) is 1. The molecule has 1 amide bonds. The molecule has 0 radical (unpaired) electrons. The fourth-order valence-corrected chi connectivity index (χ4v) is 2.08. The van der Waals surface area contributed by atoms with Gasteiger partial charge < -0.3 is 15.0 Å². The van der Waals surface area contributed by atoms with E-state index in [1.165, 1.54) is 7.11 Å². The van der Waals surface area contributed by atoms with E-state index in [2.05, 4.69) is 5.32 Å². The van der Waals surface area contributed by atoms with Crippen LogP contribution in [0.2, 0.25) is 0 Å². The lowest BCUT2D eigenvalue weighted by atomic mass is 10.1. The second-order valence-electron chi connectivity index (χ2n) is 5.36. The Kier molecular flexibility index (Phi) is 5.73. The maximum atomic E-state index is 12.2. The van der Waals surface area contributed by atoms with E-state index in [0.717, 1.165) is 11.3 Å². The van der Waals surface area contributed by atoms with Crippen LogP contribution in [0.4, 0.5) is 5.69 Å². The smallest absolute Gasteiger partial charge is 0.354 e. The minimum Gasteiger partial charge on any atom is -0.464 e. The number of carbonyl (C=O) groups is 2. The number of carbonyl (C=O) groups excluding carboxylic acids is 2. The van der Waals surface area contributed by atoms with Crippen LogP contribution in [0, 0.1) is 0 Å². The summed E-state index contributed by atoms with van der Waals surface area (Å²) in [6.45, 7) is 0. The van der Waals surface area contributed by atoms with Crippen LogP contribution in [-0.4, -0.2) is 33.1 Å². The van der Waals surface area contributed by atoms with Gasteiger partial charge in [0.05, 0.1) is 7.11 Å². The monoisotopic (exact) mass is 324 g/mol. The first kappa shape index (κ1) is 17.3. The molecule has 5 heteroatoms. The van der Waals surface area contributed by atoms with E-state index in [4.69, 9.17) is 4.74 Å². The van der Waals surface area contributed by atoms with Crippen molar-refractivity contribution in [1.82, 2.24) is 5.32 Å². The molecular weight excluding hydrogens is 304 g/mol. The fourth-order valence-electron chi connectivity index (χ4n) is 2.08. The van der Waals surface area contributed by atoms with Gasteiger partial charge in [0.25, 0.3) is 5.91 Å². The number of esters is 1. The van der Waals surface area contributed by atoms with Gasteiger partial charge in [0, 0.05) is 25.3 Å². The molecule has 0 bridgehead atoms. The Morgan fingerprint density at radius 3 is 2.17 bits per heavy atom. The van der Waals surface area contributed by atoms with Crippen LogP contribution in [0.5, 0.6) is 0 Å². The van der Waals surface area contributed by atoms with Crippen molar-refractivity contribution in [3.05, 3.63) is 71.4 Å². The first-order valence-corrected chi connectivity index (χ1v) is 7.45. The maximum absolute atomic E-state index is 12.2. The second-order valence-corrected chi connectivity index (χ2v) is 5.36. The molecule has 124 valence electrons. The molecule has 0 heterocycles. The third-order valence-corrected chi connectivity index (χ3v) is 3.41. The normalized spacial score (nSPS) is 10.9. The molecule has 5 nitrogen and oxygen atoms in total. The molecule has 1 N–H and O–H groups in total. The van der Waals surface area contributed by atoms with Crippen LogP contribution in [0.3, 0.4) is 0 Å². The molecule has 0 aliphatic heterocycles. The van der Waals surface area contributed by atoms with Crippen molar-refractivity contribution < 1.29 is 14.3 Å². The lowest BCUT2D eigenvalue weighted by molar-refractivity contribution is -0.136. The van der Waals surface area contributed by atoms with Crippen molar-refractivity contribution in [1.29, 1.82) is 0 Å². The summed E-state index contributed by atoms with van der Waals surface area (Å²) < 4.78 is 4.75. The topological polar surface area (TPSA) is 58.6 Å². The Bertz CT molecular complexity index is 735. The van der Waals surface area contributed by atoms with Crippen LogP contribution in [0.15, 0.2) is 60.3 Å². The molecule has 2 aromatic carbocycles. The largest absolute Gasteiger partial charge is 0.464 e. The predicted molar refractivity (Wildman–Crippen MR) is 94.7 cm³/mol. The summed E-state index contributed by atoms with van der Waals surface area (Å²) in [6, 6.07) is 16.3. The van der Waals surface area contributed by atoms with Gasteiger partial charge in [0.1, 0.15) is 5.70 Å². The highest BCUT2D eigenvalue weighted by molar-refractivity contribution is 6.03. The highest BCUT2D eigenvalue weighted by Gasteiger charge is 2.14. The minimum atomic E-state index is -0.601. The van der Waals surface area contributed by atoms with Crippen LogP contribution in [0.25, 0.3) is 6.08 Å². The third kappa shape index (κ3) is 4.46. The average Bonchev–Trinajstić information content (AvgIpc) is 2.61. The van der Waals surface area contributed by atoms with Crippen molar-refractivity contribution in [3.63, 3.8) is 0 Å². The van der Waals surface area contributed by atoms with E-state index < -0.39 is 5.97 Å². The van der Waals surface area contributed by atoms with Crippen molar-refractivity contribution in [2.75, 3.05) is 26.1 Å². The summed E-state index contributed by atoms with van der Waals surface area (Å²) >= 11 is 0. The lowest BCUT2D eigenvalue weighted by Gasteiger charge is -2.12. The van der Waals surface area contributed by atoms with Crippen LogP contribution in [-0.2, 0) is 9.53 Å². The zero-order chi connectivity index (χ0) is 17.5. The van der Waals surface area contributed by atoms with Crippen LogP contribution in [0.1, 0.15) is 15.9 Å². The molecule has 0 saturated heterocycles. The summed E-state index contributed by atoms with van der Waals surface area (Å²) in [5.74, 6) is -0.965. The van der Waals surface area contributed by atoms with Gasteiger partial charge in [-0.3, -0.25) is 4.79 Å². The van der Waals surface area contributed by atoms with Crippen molar-refractivity contribution in [2.45, 2.75) is 0 Å². The van der Waals surface area contributed by atoms with Gasteiger partial charge in [-0.15, -0.1) is 0 Å². The number of anilines is 1. The van der Waals surface area contributed by atoms with Crippen molar-refractivity contribution >= 4 is 23.6 Å². The molecular formula is C19H20N2O3. The summed E-state index contributed by atoms with van der Waals surface area (Å²) in [7, 11) is 5.18. The van der Waals surface area contributed by atoms with E-state index in [0.29, 0.717) is 5.56 Å². The van der Waals surface area contributed by atoms with Crippen molar-refractivity contribution in [2.24, 2.45) is 0 Å². The van der Waals surface area contributed by atoms with Gasteiger partial charge in [-0.1, -0.05) is 30.3 Å². The SMILES string of the molecule is COC(=O)/C(=C\c1ccc(N(C)C)cc1)NC(=O)c1ccccc1. The Labute approximate surface area is 141 Å². The summed E-state index contributed by atoms with van der Waals surface area (Å²) in [5, 5.41) is 2.61. The number of benzene rings is 2. The molecule has 2 rings (SSSR count). The molecule has 0 atom stereocenters. The Morgan fingerprint density at radius 1 is 1.00 bits per heavy atom. The van der Waals surface area contributed by atoms with Gasteiger partial charge in [-0.05, 0) is 35.9 Å². The number of amides is 1. The predicted octanol–water partition coefficient (Wildman–Crippen LogP) is 2.70. The summed E-state index contributed by atoms with van der Waals surface area (Å²) in [4.78, 5) is 26.2. The molecule has 0 spiro atoms. The molecule has 0 aliphatic carbocycles. The Balaban J connectivity index is 2.24. The highest BCUT2D eigenvalue weighted by atomic mass is 16.5. The van der Waals surface area contributed by atoms with E-state index in [1.807, 2.05) is 49.3 Å². The number of nitrogens with one attached hydrogen (secondary N) is 1. The second kappa shape index (κ2) is 7.97. The van der Waals surface area contributed by atoms with E-state index in [9.17, 15) is 9.59 Å². The Morgan fingerprint density at radius 2 is 1.62 bits per heavy atom. The van der Waals surface area contributed by atoms with Gasteiger partial charge >= 0.3 is 5.97 Å². The summed E-state index contributed by atoms with van der Waals surface area (Å²) in [6.07, 6.45) is 1.59. The number of ether oxygens (including phenoxy) is 1. The fraction of sp³-hybridized carbons (Fsp3) is 0.158. The van der Waals surface area contributed by atoms with E-state index >= 15 is 0 Å². The number of rotatable bonds is 5. The van der Waals surface area contributed by atoms with Gasteiger partial charge in [-0.25, -0.2) is 4.79 Å². The van der Waals surface area contributed by atoms with Gasteiger partial charge in [0.15, 0.2) is 0 Å². The molecule has 0 aromatic heterocycles. The molecule has 0 aliphatic rings. The minimum absolute atomic E-state index is 0.0870. The van der Waals surface area contributed by atoms with Crippen molar-refractivity contribution in [3.8, 4) is 0 Å². The molecule has 24 heavy (non-hydrogen) atoms. The van der Waals surface area contributed by atoms with E-state index in [1.54, 1.807) is 30.3 Å². The maximum Gasteiger partial charge on any atom is 0.354 e. The first-order chi connectivity index (χ1) is 11.5. The quantitative estimate of drug-likeness (QED) is 0.679. The zero-order valence-corrected chi connectivity index (χ0v) is 13.9. The Hall–Kier alpha value is -3.08. The third-order valence-electron chi connectivity index (χ3n) is 3.41. The number of hydrogen-bond acceptors (Lipinski definition) is 4. The molecule has 2 aromatic rings. The molecule has 0 unspecified atom stereocenters. The number of methoxy groups -OCH3 is 1.